The van der Waals surface area contributed by atoms with Gasteiger partial charge in [-0.1, -0.05) is 25.5 Å². The number of hydrogen-bond acceptors (Lipinski definition) is 2. The normalized spacial score (nSPS) is 37.3. The van der Waals surface area contributed by atoms with Crippen molar-refractivity contribution in [2.75, 3.05) is 0 Å². The van der Waals surface area contributed by atoms with Crippen LogP contribution < -0.4 is 0 Å². The van der Waals surface area contributed by atoms with Crippen molar-refractivity contribution in [3.8, 4) is 0 Å². The van der Waals surface area contributed by atoms with Gasteiger partial charge in [-0.3, -0.25) is 0 Å². The summed E-state index contributed by atoms with van der Waals surface area (Å²) in [5.41, 5.74) is 1.19. The molecule has 0 aromatic heterocycles. The van der Waals surface area contributed by atoms with Crippen LogP contribution in [-0.4, -0.2) is 22.4 Å². The molecule has 2 N–H and O–H groups in total. The standard InChI is InChI=1S/C10H18O2/c1-3-8-6-9(11)4-5-10(12)7(8)2/h6-7,9-12H,3-5H2,1-2H3. The van der Waals surface area contributed by atoms with Crippen LogP contribution in [0.25, 0.3) is 0 Å². The van der Waals surface area contributed by atoms with E-state index < -0.39 is 0 Å². The van der Waals surface area contributed by atoms with E-state index in [0.29, 0.717) is 12.8 Å². The second-order valence-electron chi connectivity index (χ2n) is 3.60. The summed E-state index contributed by atoms with van der Waals surface area (Å²) in [5.74, 6) is 0.215. The highest BCUT2D eigenvalue weighted by molar-refractivity contribution is 5.11. The van der Waals surface area contributed by atoms with Gasteiger partial charge in [0.05, 0.1) is 12.2 Å². The quantitative estimate of drug-likeness (QED) is 0.585. The average molecular weight is 170 g/mol. The number of aliphatic hydroxyl groups is 2. The van der Waals surface area contributed by atoms with Crippen molar-refractivity contribution >= 4 is 0 Å². The van der Waals surface area contributed by atoms with Crippen LogP contribution in [0.3, 0.4) is 0 Å². The minimum atomic E-state index is -0.348. The lowest BCUT2D eigenvalue weighted by molar-refractivity contribution is 0.110. The molecule has 0 spiro atoms. The Labute approximate surface area is 73.9 Å². The van der Waals surface area contributed by atoms with Crippen molar-refractivity contribution in [2.45, 2.75) is 45.3 Å². The molecule has 1 rings (SSSR count). The van der Waals surface area contributed by atoms with Crippen LogP contribution in [0, 0.1) is 5.92 Å². The summed E-state index contributed by atoms with van der Waals surface area (Å²) in [4.78, 5) is 0. The molecule has 0 bridgehead atoms. The molecule has 0 heterocycles. The Morgan fingerprint density at radius 1 is 1.42 bits per heavy atom. The zero-order valence-corrected chi connectivity index (χ0v) is 7.83. The number of hydrogen-bond donors (Lipinski definition) is 2. The van der Waals surface area contributed by atoms with Crippen LogP contribution >= 0.6 is 0 Å². The first kappa shape index (κ1) is 9.75. The Balaban J connectivity index is 2.75. The molecular formula is C10H18O2. The van der Waals surface area contributed by atoms with E-state index in [1.807, 2.05) is 13.0 Å². The van der Waals surface area contributed by atoms with Gasteiger partial charge in [-0.05, 0) is 19.3 Å². The Bertz CT molecular complexity index is 175. The summed E-state index contributed by atoms with van der Waals surface area (Å²) < 4.78 is 0. The average Bonchev–Trinajstić information content (AvgIpc) is 2.18. The molecule has 0 amide bonds. The zero-order chi connectivity index (χ0) is 9.14. The maximum atomic E-state index is 9.63. The van der Waals surface area contributed by atoms with Gasteiger partial charge in [-0.25, -0.2) is 0 Å². The molecule has 0 fully saturated rings. The van der Waals surface area contributed by atoms with Gasteiger partial charge in [0.2, 0.25) is 0 Å². The maximum Gasteiger partial charge on any atom is 0.0724 e. The summed E-state index contributed by atoms with van der Waals surface area (Å²) in [6.07, 6.45) is 3.61. The molecule has 0 saturated carbocycles. The first-order chi connectivity index (χ1) is 5.65. The van der Waals surface area contributed by atoms with Gasteiger partial charge in [0.15, 0.2) is 0 Å². The summed E-state index contributed by atoms with van der Waals surface area (Å²) in [6.45, 7) is 4.09. The Morgan fingerprint density at radius 2 is 2.08 bits per heavy atom. The molecule has 0 aromatic carbocycles. The molecule has 12 heavy (non-hydrogen) atoms. The fourth-order valence-electron chi connectivity index (χ4n) is 1.76. The van der Waals surface area contributed by atoms with Crippen molar-refractivity contribution in [1.82, 2.24) is 0 Å². The molecule has 3 atom stereocenters. The van der Waals surface area contributed by atoms with Crippen molar-refractivity contribution in [3.05, 3.63) is 11.6 Å². The highest BCUT2D eigenvalue weighted by Gasteiger charge is 2.22. The fourth-order valence-corrected chi connectivity index (χ4v) is 1.76. The van der Waals surface area contributed by atoms with Crippen LogP contribution in [-0.2, 0) is 0 Å². The molecule has 0 aromatic rings. The largest absolute Gasteiger partial charge is 0.393 e. The highest BCUT2D eigenvalue weighted by atomic mass is 16.3. The third-order valence-corrected chi connectivity index (χ3v) is 2.73. The third kappa shape index (κ3) is 2.08. The lowest BCUT2D eigenvalue weighted by Gasteiger charge is -2.18. The van der Waals surface area contributed by atoms with Crippen molar-refractivity contribution in [1.29, 1.82) is 0 Å². The van der Waals surface area contributed by atoms with Crippen LogP contribution in [0.1, 0.15) is 33.1 Å². The molecule has 0 saturated heterocycles. The third-order valence-electron chi connectivity index (χ3n) is 2.73. The molecule has 3 unspecified atom stereocenters. The number of rotatable bonds is 1. The monoisotopic (exact) mass is 170 g/mol. The van der Waals surface area contributed by atoms with E-state index in [-0.39, 0.29) is 18.1 Å². The Morgan fingerprint density at radius 3 is 2.67 bits per heavy atom. The lowest BCUT2D eigenvalue weighted by atomic mass is 9.93. The van der Waals surface area contributed by atoms with Crippen LogP contribution in [0.2, 0.25) is 0 Å². The Hall–Kier alpha value is -0.340. The molecular weight excluding hydrogens is 152 g/mol. The molecule has 0 radical (unpaired) electrons. The van der Waals surface area contributed by atoms with Crippen LogP contribution in [0.15, 0.2) is 11.6 Å². The van der Waals surface area contributed by atoms with Crippen molar-refractivity contribution in [3.63, 3.8) is 0 Å². The minimum Gasteiger partial charge on any atom is -0.393 e. The summed E-state index contributed by atoms with van der Waals surface area (Å²) >= 11 is 0. The topological polar surface area (TPSA) is 40.5 Å². The highest BCUT2D eigenvalue weighted by Crippen LogP contribution is 2.26. The van der Waals surface area contributed by atoms with E-state index >= 15 is 0 Å². The molecule has 2 heteroatoms. The maximum absolute atomic E-state index is 9.63. The van der Waals surface area contributed by atoms with E-state index in [2.05, 4.69) is 6.92 Å². The SMILES string of the molecule is CCC1=CC(O)CCC(O)C1C. The lowest BCUT2D eigenvalue weighted by Crippen LogP contribution is -2.17. The Kier molecular flexibility index (Phi) is 3.29. The van der Waals surface area contributed by atoms with Gasteiger partial charge in [-0.2, -0.15) is 0 Å². The zero-order valence-electron chi connectivity index (χ0n) is 7.83. The van der Waals surface area contributed by atoms with Gasteiger partial charge >= 0.3 is 0 Å². The van der Waals surface area contributed by atoms with E-state index in [1.165, 1.54) is 5.57 Å². The smallest absolute Gasteiger partial charge is 0.0724 e. The van der Waals surface area contributed by atoms with Crippen molar-refractivity contribution < 1.29 is 10.2 Å². The van der Waals surface area contributed by atoms with Gasteiger partial charge in [0, 0.05) is 5.92 Å². The van der Waals surface area contributed by atoms with Gasteiger partial charge in [-0.15, -0.1) is 0 Å². The van der Waals surface area contributed by atoms with E-state index in [0.717, 1.165) is 6.42 Å². The van der Waals surface area contributed by atoms with Crippen LogP contribution in [0.4, 0.5) is 0 Å². The van der Waals surface area contributed by atoms with Crippen LogP contribution in [0.5, 0.6) is 0 Å². The predicted molar refractivity (Wildman–Crippen MR) is 48.8 cm³/mol. The van der Waals surface area contributed by atoms with E-state index in [1.54, 1.807) is 0 Å². The summed E-state index contributed by atoms with van der Waals surface area (Å²) in [5, 5.41) is 19.1. The van der Waals surface area contributed by atoms with E-state index in [4.69, 9.17) is 0 Å². The first-order valence-electron chi connectivity index (χ1n) is 4.71. The summed E-state index contributed by atoms with van der Waals surface area (Å²) in [7, 11) is 0. The molecule has 1 aliphatic rings. The predicted octanol–water partition coefficient (Wildman–Crippen LogP) is 1.47. The second kappa shape index (κ2) is 4.06. The minimum absolute atomic E-state index is 0.215. The molecule has 0 aliphatic heterocycles. The van der Waals surface area contributed by atoms with Gasteiger partial charge in [0.25, 0.3) is 0 Å². The second-order valence-corrected chi connectivity index (χ2v) is 3.60. The van der Waals surface area contributed by atoms with E-state index in [9.17, 15) is 10.2 Å². The number of aliphatic hydroxyl groups excluding tert-OH is 2. The fraction of sp³-hybridized carbons (Fsp3) is 0.800. The molecule has 2 nitrogen and oxygen atoms in total. The first-order valence-corrected chi connectivity index (χ1v) is 4.71. The van der Waals surface area contributed by atoms with Gasteiger partial charge < -0.3 is 10.2 Å². The van der Waals surface area contributed by atoms with Gasteiger partial charge in [0.1, 0.15) is 0 Å². The molecule has 1 aliphatic carbocycles. The van der Waals surface area contributed by atoms with Crippen molar-refractivity contribution in [2.24, 2.45) is 5.92 Å². The summed E-state index contributed by atoms with van der Waals surface area (Å²) in [6, 6.07) is 0. The molecule has 70 valence electrons.